The van der Waals surface area contributed by atoms with Gasteiger partial charge in [-0.15, -0.1) is 24.8 Å². The smallest absolute Gasteiger partial charge is 0.408 e. The summed E-state index contributed by atoms with van der Waals surface area (Å²) < 4.78 is 27.7. The number of carbonyl (C=O) groups excluding carboxylic acids is 4. The molecule has 0 aliphatic heterocycles. The van der Waals surface area contributed by atoms with Crippen LogP contribution in [0.5, 0.6) is 17.2 Å². The van der Waals surface area contributed by atoms with E-state index in [-0.39, 0.29) is 89.6 Å². The first-order valence-corrected chi connectivity index (χ1v) is 22.1. The highest BCUT2D eigenvalue weighted by Crippen LogP contribution is 2.24. The first-order chi connectivity index (χ1) is 30.5. The Morgan fingerprint density at radius 3 is 1.19 bits per heavy atom. The third kappa shape index (κ3) is 30.2. The lowest BCUT2D eigenvalue weighted by atomic mass is 10.1. The van der Waals surface area contributed by atoms with Gasteiger partial charge in [-0.25, -0.2) is 4.79 Å². The number of hydrogen-bond donors (Lipinski definition) is 6. The van der Waals surface area contributed by atoms with Crippen molar-refractivity contribution in [2.45, 2.75) is 158 Å². The number of hydrogen-bond acceptors (Lipinski definition) is 12. The van der Waals surface area contributed by atoms with Crippen molar-refractivity contribution in [1.29, 1.82) is 0 Å². The zero-order chi connectivity index (χ0) is 50.5. The van der Waals surface area contributed by atoms with Crippen LogP contribution in [0, 0.1) is 41.5 Å². The van der Waals surface area contributed by atoms with Crippen LogP contribution in [0.15, 0.2) is 54.6 Å². The fourth-order valence-corrected chi connectivity index (χ4v) is 5.98. The molecule has 0 heterocycles. The fraction of sp³-hybridized carbons (Fsp3) is 0.540. The minimum Gasteiger partial charge on any atom is -0.491 e. The van der Waals surface area contributed by atoms with Crippen LogP contribution < -0.4 is 41.6 Å². The monoisotopic (exact) mass is 1060 g/mol. The maximum Gasteiger partial charge on any atom is 0.408 e. The van der Waals surface area contributed by atoms with E-state index in [1.165, 1.54) is 11.1 Å². The number of carboxylic acids is 1. The Labute approximate surface area is 442 Å². The SMILES string of the molecule is Cc1cccc(C)c1OCC(C)N.Cc1cccc(C)c1OCC(C)NC(=O)[C@@H](N)CC(=O)O.Cc1cccc(C)c1OCC(C)NC(=O)[C@H](CC(=O)OC(C)(C)C)NC(=O)OC(C)(C)C.Cl.Cl.S.S. The second kappa shape index (κ2) is 34.7. The molecule has 0 aromatic heterocycles. The molecule has 0 bridgehead atoms. The first-order valence-electron chi connectivity index (χ1n) is 22.1. The van der Waals surface area contributed by atoms with Crippen molar-refractivity contribution in [2.24, 2.45) is 11.5 Å². The van der Waals surface area contributed by atoms with E-state index >= 15 is 0 Å². The minimum absolute atomic E-state index is 0. The van der Waals surface area contributed by atoms with E-state index in [1.807, 2.05) is 103 Å². The summed E-state index contributed by atoms with van der Waals surface area (Å²) in [6.07, 6.45) is -1.51. The number of para-hydroxylation sites is 3. The molecular formula is C50H83Cl2N5O11S2. The number of amides is 3. The summed E-state index contributed by atoms with van der Waals surface area (Å²) in [5, 5.41) is 16.5. The van der Waals surface area contributed by atoms with Gasteiger partial charge in [0, 0.05) is 6.04 Å². The molecule has 8 N–H and O–H groups in total. The lowest BCUT2D eigenvalue weighted by molar-refractivity contribution is -0.156. The van der Waals surface area contributed by atoms with E-state index in [2.05, 4.69) is 16.0 Å². The molecule has 3 rings (SSSR count). The Hall–Kier alpha value is -4.59. The molecule has 0 aliphatic carbocycles. The average molecular weight is 1070 g/mol. The summed E-state index contributed by atoms with van der Waals surface area (Å²) in [6, 6.07) is 15.1. The second-order valence-electron chi connectivity index (χ2n) is 18.6. The third-order valence-corrected chi connectivity index (χ3v) is 8.98. The van der Waals surface area contributed by atoms with Crippen molar-refractivity contribution < 1.29 is 52.8 Å². The zero-order valence-electron chi connectivity index (χ0n) is 43.6. The first kappa shape index (κ1) is 72.0. The van der Waals surface area contributed by atoms with Crippen LogP contribution in [0.4, 0.5) is 4.79 Å². The van der Waals surface area contributed by atoms with Crippen molar-refractivity contribution in [3.05, 3.63) is 88.0 Å². The molecule has 3 aromatic rings. The molecule has 0 spiro atoms. The Morgan fingerprint density at radius 2 is 0.871 bits per heavy atom. The van der Waals surface area contributed by atoms with Crippen LogP contribution in [0.3, 0.4) is 0 Å². The number of nitrogens with two attached hydrogens (primary N) is 2. The van der Waals surface area contributed by atoms with Gasteiger partial charge in [0.05, 0.1) is 31.0 Å². The van der Waals surface area contributed by atoms with E-state index in [0.717, 1.165) is 39.5 Å². The topological polar surface area (TPSA) is 240 Å². The predicted octanol–water partition coefficient (Wildman–Crippen LogP) is 7.90. The van der Waals surface area contributed by atoms with Crippen molar-refractivity contribution in [2.75, 3.05) is 19.8 Å². The van der Waals surface area contributed by atoms with Gasteiger partial charge in [-0.2, -0.15) is 27.0 Å². The number of alkyl carbamates (subject to hydrolysis) is 1. The highest BCUT2D eigenvalue weighted by molar-refractivity contribution is 7.59. The van der Waals surface area contributed by atoms with Gasteiger partial charge >= 0.3 is 18.0 Å². The molecule has 0 radical (unpaired) electrons. The molecule has 3 unspecified atom stereocenters. The Balaban J connectivity index is -0.000000495. The summed E-state index contributed by atoms with van der Waals surface area (Å²) in [7, 11) is 0. The maximum atomic E-state index is 12.9. The predicted molar refractivity (Wildman–Crippen MR) is 292 cm³/mol. The maximum absolute atomic E-state index is 12.9. The van der Waals surface area contributed by atoms with Crippen molar-refractivity contribution >= 4 is 81.7 Å². The van der Waals surface area contributed by atoms with E-state index in [1.54, 1.807) is 55.4 Å². The normalized spacial score (nSPS) is 12.5. The van der Waals surface area contributed by atoms with Crippen LogP contribution in [0.25, 0.3) is 0 Å². The number of rotatable bonds is 18. The highest BCUT2D eigenvalue weighted by Gasteiger charge is 2.30. The van der Waals surface area contributed by atoms with Crippen LogP contribution in [-0.2, 0) is 28.7 Å². The number of aryl methyl sites for hydroxylation is 6. The number of benzene rings is 3. The molecule has 0 fully saturated rings. The largest absolute Gasteiger partial charge is 0.491 e. The molecule has 0 saturated heterocycles. The van der Waals surface area contributed by atoms with Crippen molar-refractivity contribution in [3.63, 3.8) is 0 Å². The summed E-state index contributed by atoms with van der Waals surface area (Å²) in [4.78, 5) is 59.6. The average Bonchev–Trinajstić information content (AvgIpc) is 3.15. The van der Waals surface area contributed by atoms with Gasteiger partial charge in [-0.05, 0) is 137 Å². The third-order valence-electron chi connectivity index (χ3n) is 8.98. The van der Waals surface area contributed by atoms with Gasteiger partial charge < -0.3 is 56.2 Å². The summed E-state index contributed by atoms with van der Waals surface area (Å²) in [6.45, 7) is 28.8. The minimum atomic E-state index is -1.15. The van der Waals surface area contributed by atoms with Gasteiger partial charge in [0.1, 0.15) is 54.3 Å². The molecule has 5 atom stereocenters. The zero-order valence-corrected chi connectivity index (χ0v) is 47.3. The molecular weight excluding hydrogens is 982 g/mol. The number of carboxylic acid groups (broad SMARTS) is 1. The lowest BCUT2D eigenvalue weighted by Crippen LogP contribution is -2.52. The molecule has 70 heavy (non-hydrogen) atoms. The Morgan fingerprint density at radius 1 is 0.543 bits per heavy atom. The van der Waals surface area contributed by atoms with Crippen molar-refractivity contribution in [1.82, 2.24) is 16.0 Å². The number of esters is 1. The number of carbonyl (C=O) groups is 5. The second-order valence-corrected chi connectivity index (χ2v) is 18.6. The molecule has 16 nitrogen and oxygen atoms in total. The summed E-state index contributed by atoms with van der Waals surface area (Å²) in [5.74, 6) is -0.182. The van der Waals surface area contributed by atoms with E-state index < -0.39 is 59.6 Å². The highest BCUT2D eigenvalue weighted by atomic mass is 35.5. The quantitative estimate of drug-likeness (QED) is 0.0665. The van der Waals surface area contributed by atoms with Crippen LogP contribution >= 0.6 is 51.8 Å². The Kier molecular flexibility index (Phi) is 35.7. The lowest BCUT2D eigenvalue weighted by Gasteiger charge is -2.25. The van der Waals surface area contributed by atoms with Crippen LogP contribution in [0.1, 0.15) is 109 Å². The Bertz CT molecular complexity index is 1980. The fourth-order valence-electron chi connectivity index (χ4n) is 5.98. The van der Waals surface area contributed by atoms with Gasteiger partial charge in [0.15, 0.2) is 0 Å². The standard InChI is InChI=1S/C24H38N2O6.C15H22N2O4.C11H17NO.2ClH.2H2S/c1-15-11-10-12-16(2)20(15)30-14-17(3)25-21(28)18(13-19(27)31-23(4,5)6)26-22(29)32-24(7,8)9;1-9-5-4-6-10(2)14(9)21-8-11(3)17-15(20)12(16)7-13(18)19;1-8-5-4-6-9(2)11(8)13-7-10(3)12;;;;/h10-12,17-18H,13-14H2,1-9H3,(H,25,28)(H,26,29);4-6,11-12H,7-8,16H2,1-3H3,(H,17,20)(H,18,19);4-6,10H,7,12H2,1-3H3;2*1H;2*1H2/t17?,18-;11?,12-;;;;;/m00...../s1. The number of halogens is 2. The molecule has 0 aliphatic rings. The number of ether oxygens (including phenoxy) is 5. The number of nitrogens with one attached hydrogen (secondary N) is 3. The molecule has 0 saturated carbocycles. The van der Waals surface area contributed by atoms with Crippen LogP contribution in [0.2, 0.25) is 0 Å². The van der Waals surface area contributed by atoms with Gasteiger partial charge in [-0.1, -0.05) is 54.6 Å². The molecule has 400 valence electrons. The summed E-state index contributed by atoms with van der Waals surface area (Å²) in [5.41, 5.74) is 16.0. The molecule has 3 amide bonds. The van der Waals surface area contributed by atoms with Gasteiger partial charge in [-0.3, -0.25) is 19.2 Å². The summed E-state index contributed by atoms with van der Waals surface area (Å²) >= 11 is 0. The van der Waals surface area contributed by atoms with E-state index in [4.69, 9.17) is 40.3 Å². The van der Waals surface area contributed by atoms with Crippen LogP contribution in [-0.4, -0.2) is 96.2 Å². The van der Waals surface area contributed by atoms with Gasteiger partial charge in [0.25, 0.3) is 0 Å². The van der Waals surface area contributed by atoms with Crippen molar-refractivity contribution in [3.8, 4) is 17.2 Å². The molecule has 20 heteroatoms. The van der Waals surface area contributed by atoms with Gasteiger partial charge in [0.2, 0.25) is 11.8 Å². The number of aliphatic carboxylic acids is 1. The molecule has 3 aromatic carbocycles. The van der Waals surface area contributed by atoms with E-state index in [0.29, 0.717) is 6.61 Å². The van der Waals surface area contributed by atoms with E-state index in [9.17, 15) is 24.0 Å².